The van der Waals surface area contributed by atoms with Crippen molar-refractivity contribution in [1.29, 1.82) is 0 Å². The molecule has 9 heteroatoms. The molecule has 0 saturated carbocycles. The van der Waals surface area contributed by atoms with Crippen LogP contribution in [0, 0.1) is 11.7 Å². The zero-order valence-corrected chi connectivity index (χ0v) is 18.2. The van der Waals surface area contributed by atoms with Gasteiger partial charge >= 0.3 is 0 Å². The molecular formula is C21H30FN3O4S. The molecule has 0 spiro atoms. The summed E-state index contributed by atoms with van der Waals surface area (Å²) >= 11 is 0. The van der Waals surface area contributed by atoms with Crippen molar-refractivity contribution in [3.05, 3.63) is 35.6 Å². The van der Waals surface area contributed by atoms with E-state index in [1.54, 1.807) is 17.0 Å². The minimum absolute atomic E-state index is 0.0373. The lowest BCUT2D eigenvalue weighted by Gasteiger charge is -2.39. The van der Waals surface area contributed by atoms with Gasteiger partial charge in [0.1, 0.15) is 15.7 Å². The highest BCUT2D eigenvalue weighted by molar-refractivity contribution is 7.90. The minimum Gasteiger partial charge on any atom is -0.342 e. The molecule has 2 aliphatic rings. The number of sulfone groups is 1. The largest absolute Gasteiger partial charge is 0.342 e. The van der Waals surface area contributed by atoms with Crippen molar-refractivity contribution < 1.29 is 22.4 Å². The van der Waals surface area contributed by atoms with Crippen molar-refractivity contribution >= 4 is 21.7 Å². The van der Waals surface area contributed by atoms with Crippen LogP contribution in [0.2, 0.25) is 0 Å². The zero-order chi connectivity index (χ0) is 21.7. The number of carbonyl (C=O) groups excluding carboxylic acids is 2. The molecule has 166 valence electrons. The Morgan fingerprint density at radius 1 is 1.03 bits per heavy atom. The summed E-state index contributed by atoms with van der Waals surface area (Å²) in [7, 11) is -2.99. The number of carbonyl (C=O) groups is 2. The van der Waals surface area contributed by atoms with E-state index >= 15 is 0 Å². The van der Waals surface area contributed by atoms with Crippen molar-refractivity contribution in [3.63, 3.8) is 0 Å². The number of piperazine rings is 1. The topological polar surface area (TPSA) is 78.0 Å². The number of hydrogen-bond donors (Lipinski definition) is 0. The van der Waals surface area contributed by atoms with Crippen LogP contribution in [0.15, 0.2) is 24.3 Å². The molecule has 2 aliphatic heterocycles. The molecule has 0 aromatic heterocycles. The number of nitrogens with zero attached hydrogens (tertiary/aromatic N) is 3. The molecule has 30 heavy (non-hydrogen) atoms. The van der Waals surface area contributed by atoms with Gasteiger partial charge in [-0.25, -0.2) is 12.8 Å². The zero-order valence-electron chi connectivity index (χ0n) is 17.4. The Kier molecular flexibility index (Phi) is 7.46. The summed E-state index contributed by atoms with van der Waals surface area (Å²) in [6.45, 7) is 4.07. The summed E-state index contributed by atoms with van der Waals surface area (Å²) in [4.78, 5) is 31.3. The predicted molar refractivity (Wildman–Crippen MR) is 112 cm³/mol. The molecule has 2 fully saturated rings. The molecule has 7 nitrogen and oxygen atoms in total. The van der Waals surface area contributed by atoms with Gasteiger partial charge in [0.15, 0.2) is 0 Å². The van der Waals surface area contributed by atoms with Gasteiger partial charge in [-0.1, -0.05) is 12.1 Å². The molecule has 3 rings (SSSR count). The average Bonchev–Trinajstić information content (AvgIpc) is 2.73. The highest BCUT2D eigenvalue weighted by Gasteiger charge is 2.32. The maximum absolute atomic E-state index is 13.0. The lowest BCUT2D eigenvalue weighted by atomic mass is 9.95. The van der Waals surface area contributed by atoms with Gasteiger partial charge in [0, 0.05) is 52.1 Å². The normalized spacial score (nSPS) is 20.9. The fraction of sp³-hybridized carbons (Fsp3) is 0.619. The fourth-order valence-electron chi connectivity index (χ4n) is 4.04. The van der Waals surface area contributed by atoms with Crippen LogP contribution < -0.4 is 0 Å². The average molecular weight is 440 g/mol. The highest BCUT2D eigenvalue weighted by atomic mass is 32.2. The SMILES string of the molecule is CS(=O)(=O)CCN1CCN(C(=O)C2CCCN(C(=O)Cc3ccc(F)cc3)C2)CC1. The third-order valence-corrected chi connectivity index (χ3v) is 6.78. The summed E-state index contributed by atoms with van der Waals surface area (Å²) in [6, 6.07) is 5.92. The van der Waals surface area contributed by atoms with Gasteiger partial charge in [-0.05, 0) is 30.5 Å². The maximum Gasteiger partial charge on any atom is 0.227 e. The lowest BCUT2D eigenvalue weighted by molar-refractivity contribution is -0.142. The van der Waals surface area contributed by atoms with E-state index in [4.69, 9.17) is 0 Å². The number of hydrogen-bond acceptors (Lipinski definition) is 5. The van der Waals surface area contributed by atoms with Gasteiger partial charge in [0.25, 0.3) is 0 Å². The Hall–Kier alpha value is -2.00. The molecule has 2 amide bonds. The van der Waals surface area contributed by atoms with E-state index in [9.17, 15) is 22.4 Å². The number of likely N-dealkylation sites (tertiary alicyclic amines) is 1. The van der Waals surface area contributed by atoms with E-state index in [0.29, 0.717) is 45.8 Å². The number of piperidine rings is 1. The first-order chi connectivity index (χ1) is 14.2. The summed E-state index contributed by atoms with van der Waals surface area (Å²) < 4.78 is 35.7. The number of amides is 2. The van der Waals surface area contributed by atoms with Gasteiger partial charge in [0.2, 0.25) is 11.8 Å². The van der Waals surface area contributed by atoms with Gasteiger partial charge in [-0.3, -0.25) is 14.5 Å². The van der Waals surface area contributed by atoms with Crippen LogP contribution >= 0.6 is 0 Å². The predicted octanol–water partition coefficient (Wildman–Crippen LogP) is 0.796. The smallest absolute Gasteiger partial charge is 0.227 e. The van der Waals surface area contributed by atoms with E-state index in [-0.39, 0.29) is 35.7 Å². The van der Waals surface area contributed by atoms with Crippen LogP contribution in [0.3, 0.4) is 0 Å². The van der Waals surface area contributed by atoms with Gasteiger partial charge in [-0.15, -0.1) is 0 Å². The summed E-state index contributed by atoms with van der Waals surface area (Å²) in [5, 5.41) is 0. The second-order valence-corrected chi connectivity index (χ2v) is 10.5. The lowest BCUT2D eigenvalue weighted by Crippen LogP contribution is -2.53. The van der Waals surface area contributed by atoms with Crippen molar-refractivity contribution in [2.45, 2.75) is 19.3 Å². The number of benzene rings is 1. The van der Waals surface area contributed by atoms with Crippen LogP contribution in [-0.4, -0.2) is 92.8 Å². The summed E-state index contributed by atoms with van der Waals surface area (Å²) in [5.74, 6) is -0.346. The van der Waals surface area contributed by atoms with Crippen molar-refractivity contribution in [2.24, 2.45) is 5.92 Å². The van der Waals surface area contributed by atoms with E-state index in [0.717, 1.165) is 18.4 Å². The number of rotatable bonds is 6. The first kappa shape index (κ1) is 22.7. The van der Waals surface area contributed by atoms with E-state index in [1.807, 2.05) is 4.90 Å². The standard InChI is InChI=1S/C21H30FN3O4S/c1-30(28,29)14-13-23-9-11-24(12-10-23)21(27)18-3-2-8-25(16-18)20(26)15-17-4-6-19(22)7-5-17/h4-7,18H,2-3,8-16H2,1H3. The first-order valence-corrected chi connectivity index (χ1v) is 12.5. The van der Waals surface area contributed by atoms with E-state index in [2.05, 4.69) is 4.90 Å². The Bertz CT molecular complexity index is 852. The maximum atomic E-state index is 13.0. The summed E-state index contributed by atoms with van der Waals surface area (Å²) in [6.07, 6.45) is 3.01. The molecule has 1 atom stereocenters. The van der Waals surface area contributed by atoms with Gasteiger partial charge in [0.05, 0.1) is 18.1 Å². The van der Waals surface area contributed by atoms with Crippen LogP contribution in [-0.2, 0) is 25.8 Å². The molecule has 1 aromatic rings. The van der Waals surface area contributed by atoms with Crippen molar-refractivity contribution in [1.82, 2.24) is 14.7 Å². The minimum atomic E-state index is -2.99. The van der Waals surface area contributed by atoms with Crippen molar-refractivity contribution in [2.75, 3.05) is 57.8 Å². The Morgan fingerprint density at radius 3 is 2.33 bits per heavy atom. The van der Waals surface area contributed by atoms with Gasteiger partial charge < -0.3 is 9.80 Å². The third-order valence-electron chi connectivity index (χ3n) is 5.85. The Morgan fingerprint density at radius 2 is 1.70 bits per heavy atom. The fourth-order valence-corrected chi connectivity index (χ4v) is 4.63. The Balaban J connectivity index is 1.48. The second-order valence-electron chi connectivity index (χ2n) is 8.28. The molecule has 0 N–H and O–H groups in total. The highest BCUT2D eigenvalue weighted by Crippen LogP contribution is 2.21. The second kappa shape index (κ2) is 9.87. The molecule has 0 bridgehead atoms. The molecule has 1 unspecified atom stereocenters. The monoisotopic (exact) mass is 439 g/mol. The molecule has 1 aromatic carbocycles. The molecule has 2 heterocycles. The van der Waals surface area contributed by atoms with Crippen LogP contribution in [0.1, 0.15) is 18.4 Å². The van der Waals surface area contributed by atoms with E-state index in [1.165, 1.54) is 18.4 Å². The van der Waals surface area contributed by atoms with Gasteiger partial charge in [-0.2, -0.15) is 0 Å². The quantitative estimate of drug-likeness (QED) is 0.655. The van der Waals surface area contributed by atoms with Crippen LogP contribution in [0.5, 0.6) is 0 Å². The van der Waals surface area contributed by atoms with Crippen LogP contribution in [0.25, 0.3) is 0 Å². The van der Waals surface area contributed by atoms with Crippen LogP contribution in [0.4, 0.5) is 4.39 Å². The molecule has 2 saturated heterocycles. The summed E-state index contributed by atoms with van der Waals surface area (Å²) in [5.41, 5.74) is 0.764. The molecule has 0 aliphatic carbocycles. The Labute approximate surface area is 177 Å². The van der Waals surface area contributed by atoms with E-state index < -0.39 is 9.84 Å². The first-order valence-electron chi connectivity index (χ1n) is 10.4. The van der Waals surface area contributed by atoms with Crippen molar-refractivity contribution in [3.8, 4) is 0 Å². The molecule has 0 radical (unpaired) electrons. The third kappa shape index (κ3) is 6.50. The molecular weight excluding hydrogens is 409 g/mol. The number of halogens is 1.